The number of rotatable bonds is 14. The number of nitrogens with two attached hydrogens (primary N) is 1. The Morgan fingerprint density at radius 1 is 1.00 bits per heavy atom. The number of Topliss-reactive ketones (excluding diaryl/α,β-unsaturated/α-hetero) is 1. The zero-order valence-corrected chi connectivity index (χ0v) is 18.4. The third-order valence-electron chi connectivity index (χ3n) is 5.21. The molecule has 9 nitrogen and oxygen atoms in total. The molecule has 30 heavy (non-hydrogen) atoms. The lowest BCUT2D eigenvalue weighted by Gasteiger charge is -2.24. The second-order valence-electron chi connectivity index (χ2n) is 8.14. The number of nitrogens with zero attached hydrogens (tertiary/aromatic N) is 1. The molecule has 1 heterocycles. The van der Waals surface area contributed by atoms with Crippen LogP contribution >= 0.6 is 0 Å². The number of amides is 4. The van der Waals surface area contributed by atoms with Crippen molar-refractivity contribution in [2.45, 2.75) is 84.2 Å². The van der Waals surface area contributed by atoms with Crippen molar-refractivity contribution in [3.05, 3.63) is 0 Å². The number of ketones is 1. The summed E-state index contributed by atoms with van der Waals surface area (Å²) < 4.78 is 0. The van der Waals surface area contributed by atoms with E-state index >= 15 is 0 Å². The first-order valence-corrected chi connectivity index (χ1v) is 10.8. The first-order chi connectivity index (χ1) is 14.2. The van der Waals surface area contributed by atoms with Crippen LogP contribution in [0.4, 0.5) is 0 Å². The number of nitrogens with one attached hydrogen (secondary N) is 2. The van der Waals surface area contributed by atoms with Crippen LogP contribution in [0.5, 0.6) is 0 Å². The molecule has 0 bridgehead atoms. The van der Waals surface area contributed by atoms with E-state index in [4.69, 9.17) is 5.73 Å². The van der Waals surface area contributed by atoms with E-state index in [0.29, 0.717) is 45.2 Å². The van der Waals surface area contributed by atoms with Gasteiger partial charge in [0.15, 0.2) is 5.78 Å². The van der Waals surface area contributed by atoms with Crippen molar-refractivity contribution in [1.82, 2.24) is 15.5 Å². The number of carbonyl (C=O) groups excluding carboxylic acids is 5. The highest BCUT2D eigenvalue weighted by atomic mass is 16.2. The Bertz CT molecular complexity index is 619. The lowest BCUT2D eigenvalue weighted by atomic mass is 10.0. The smallest absolute Gasteiger partial charge is 0.243 e. The maximum atomic E-state index is 12.6. The van der Waals surface area contributed by atoms with Gasteiger partial charge in [-0.1, -0.05) is 20.3 Å². The summed E-state index contributed by atoms with van der Waals surface area (Å²) in [5.41, 5.74) is 5.48. The molecule has 0 saturated carbocycles. The van der Waals surface area contributed by atoms with Gasteiger partial charge in [-0.25, -0.2) is 0 Å². The molecule has 170 valence electrons. The number of likely N-dealkylation sites (tertiary alicyclic amines) is 1. The van der Waals surface area contributed by atoms with Gasteiger partial charge in [0.25, 0.3) is 0 Å². The van der Waals surface area contributed by atoms with Gasteiger partial charge in [-0.3, -0.25) is 28.9 Å². The fraction of sp³-hybridized carbons (Fsp3) is 0.762. The van der Waals surface area contributed by atoms with E-state index in [1.54, 1.807) is 0 Å². The highest BCUT2D eigenvalue weighted by Gasteiger charge is 2.28. The Kier molecular flexibility index (Phi) is 11.2. The Morgan fingerprint density at radius 2 is 1.63 bits per heavy atom. The molecule has 0 aliphatic carbocycles. The summed E-state index contributed by atoms with van der Waals surface area (Å²) in [7, 11) is 0. The number of hydrogen-bond acceptors (Lipinski definition) is 6. The van der Waals surface area contributed by atoms with Crippen molar-refractivity contribution in [3.63, 3.8) is 0 Å². The highest BCUT2D eigenvalue weighted by Crippen LogP contribution is 2.13. The summed E-state index contributed by atoms with van der Waals surface area (Å²) in [4.78, 5) is 61.0. The topological polar surface area (TPSA) is 139 Å². The Morgan fingerprint density at radius 3 is 2.17 bits per heavy atom. The zero-order valence-electron chi connectivity index (χ0n) is 18.4. The molecular weight excluding hydrogens is 388 g/mol. The number of imide groups is 1. The van der Waals surface area contributed by atoms with Crippen molar-refractivity contribution in [2.24, 2.45) is 11.7 Å². The van der Waals surface area contributed by atoms with Crippen LogP contribution in [0.25, 0.3) is 0 Å². The molecule has 0 radical (unpaired) electrons. The molecule has 1 aliphatic heterocycles. The van der Waals surface area contributed by atoms with Gasteiger partial charge in [-0.05, 0) is 45.1 Å². The van der Waals surface area contributed by atoms with E-state index in [2.05, 4.69) is 10.6 Å². The predicted molar refractivity (Wildman–Crippen MR) is 112 cm³/mol. The van der Waals surface area contributed by atoms with Crippen LogP contribution < -0.4 is 16.4 Å². The van der Waals surface area contributed by atoms with Crippen LogP contribution in [0, 0.1) is 5.92 Å². The molecule has 0 aromatic heterocycles. The Balaban J connectivity index is 2.41. The molecule has 0 spiro atoms. The highest BCUT2D eigenvalue weighted by molar-refractivity contribution is 6.01. The molecule has 0 aromatic carbocycles. The fourth-order valence-corrected chi connectivity index (χ4v) is 3.35. The van der Waals surface area contributed by atoms with Gasteiger partial charge in [0.2, 0.25) is 23.6 Å². The van der Waals surface area contributed by atoms with Crippen LogP contribution in [0.3, 0.4) is 0 Å². The van der Waals surface area contributed by atoms with E-state index in [1.165, 1.54) is 11.8 Å². The monoisotopic (exact) mass is 424 g/mol. The zero-order chi connectivity index (χ0) is 22.7. The largest absolute Gasteiger partial charge is 0.345 e. The number of unbranched alkanes of at least 4 members (excludes halogenated alkanes) is 2. The van der Waals surface area contributed by atoms with E-state index in [0.717, 1.165) is 0 Å². The average molecular weight is 425 g/mol. The maximum absolute atomic E-state index is 12.6. The standard InChI is InChI=1S/C21H36N4O5/c1-14(2)20(21(30)23-16(15(3)26)8-7-12-22)24-17(27)9-5-4-6-13-25-18(28)10-11-19(25)29/h14,16,20H,4-13,22H2,1-3H3,(H,23,30)(H,24,27)/t16-,20-/m0/s1. The molecule has 1 fully saturated rings. The van der Waals surface area contributed by atoms with Crippen molar-refractivity contribution in [3.8, 4) is 0 Å². The summed E-state index contributed by atoms with van der Waals surface area (Å²) in [6, 6.07) is -1.33. The van der Waals surface area contributed by atoms with Crippen LogP contribution in [-0.2, 0) is 24.0 Å². The predicted octanol–water partition coefficient (Wildman–Crippen LogP) is 0.649. The SMILES string of the molecule is CC(=O)[C@H](CCCN)NC(=O)[C@@H](NC(=O)CCCCCN1C(=O)CCC1=O)C(C)C. The maximum Gasteiger partial charge on any atom is 0.243 e. The van der Waals surface area contributed by atoms with Gasteiger partial charge in [-0.15, -0.1) is 0 Å². The van der Waals surface area contributed by atoms with Crippen LogP contribution in [0.1, 0.15) is 72.1 Å². The minimum Gasteiger partial charge on any atom is -0.345 e. The molecule has 1 rings (SSSR count). The molecule has 0 unspecified atom stereocenters. The quantitative estimate of drug-likeness (QED) is 0.276. The summed E-state index contributed by atoms with van der Waals surface area (Å²) in [6.07, 6.45) is 3.88. The molecular formula is C21H36N4O5. The molecule has 9 heteroatoms. The lowest BCUT2D eigenvalue weighted by molar-refractivity contribution is -0.138. The summed E-state index contributed by atoms with van der Waals surface area (Å²) in [5.74, 6) is -1.14. The molecule has 0 aromatic rings. The first-order valence-electron chi connectivity index (χ1n) is 10.8. The Hall–Kier alpha value is -2.29. The Labute approximate surface area is 178 Å². The van der Waals surface area contributed by atoms with Gasteiger partial charge >= 0.3 is 0 Å². The second-order valence-corrected chi connectivity index (χ2v) is 8.14. The van der Waals surface area contributed by atoms with Crippen molar-refractivity contribution in [2.75, 3.05) is 13.1 Å². The van der Waals surface area contributed by atoms with E-state index in [1.807, 2.05) is 13.8 Å². The minimum absolute atomic E-state index is 0.126. The molecule has 4 amide bonds. The van der Waals surface area contributed by atoms with Crippen LogP contribution in [0.15, 0.2) is 0 Å². The van der Waals surface area contributed by atoms with Gasteiger partial charge in [0, 0.05) is 25.8 Å². The number of carbonyl (C=O) groups is 5. The molecule has 4 N–H and O–H groups in total. The van der Waals surface area contributed by atoms with Crippen molar-refractivity contribution < 1.29 is 24.0 Å². The molecule has 2 atom stereocenters. The first kappa shape index (κ1) is 25.7. The summed E-state index contributed by atoms with van der Waals surface area (Å²) in [5, 5.41) is 5.48. The molecule has 1 saturated heterocycles. The van der Waals surface area contributed by atoms with E-state index < -0.39 is 12.1 Å². The van der Waals surface area contributed by atoms with E-state index in [-0.39, 0.29) is 54.6 Å². The van der Waals surface area contributed by atoms with Gasteiger partial charge < -0.3 is 16.4 Å². The lowest BCUT2D eigenvalue weighted by Crippen LogP contribution is -2.53. The minimum atomic E-state index is -0.725. The summed E-state index contributed by atoms with van der Waals surface area (Å²) >= 11 is 0. The fourth-order valence-electron chi connectivity index (χ4n) is 3.35. The normalized spacial score (nSPS) is 16.0. The molecule has 1 aliphatic rings. The van der Waals surface area contributed by atoms with Crippen molar-refractivity contribution >= 4 is 29.4 Å². The van der Waals surface area contributed by atoms with Crippen molar-refractivity contribution in [1.29, 1.82) is 0 Å². The van der Waals surface area contributed by atoms with Crippen LogP contribution in [0.2, 0.25) is 0 Å². The third kappa shape index (κ3) is 8.61. The van der Waals surface area contributed by atoms with Crippen LogP contribution in [-0.4, -0.2) is 59.5 Å². The average Bonchev–Trinajstić information content (AvgIpc) is 3.00. The van der Waals surface area contributed by atoms with Gasteiger partial charge in [0.1, 0.15) is 6.04 Å². The number of hydrogen-bond donors (Lipinski definition) is 3. The second kappa shape index (κ2) is 13.1. The summed E-state index contributed by atoms with van der Waals surface area (Å²) in [6.45, 7) is 5.91. The van der Waals surface area contributed by atoms with E-state index in [9.17, 15) is 24.0 Å². The van der Waals surface area contributed by atoms with Gasteiger partial charge in [0.05, 0.1) is 6.04 Å². The van der Waals surface area contributed by atoms with Gasteiger partial charge in [-0.2, -0.15) is 0 Å². The third-order valence-corrected chi connectivity index (χ3v) is 5.21.